The van der Waals surface area contributed by atoms with Gasteiger partial charge in [-0.05, 0) is 6.92 Å². The molecule has 0 atom stereocenters. The summed E-state index contributed by atoms with van der Waals surface area (Å²) in [5, 5.41) is 0. The van der Waals surface area contributed by atoms with E-state index in [1.807, 2.05) is 0 Å². The second-order valence-electron chi connectivity index (χ2n) is 1.38. The van der Waals surface area contributed by atoms with E-state index in [1.54, 1.807) is 0 Å². The van der Waals surface area contributed by atoms with Gasteiger partial charge in [0.05, 0.1) is 0 Å². The predicted octanol–water partition coefficient (Wildman–Crippen LogP) is -1.02. The number of hydrogen-bond donors (Lipinski definition) is 1. The third-order valence-electron chi connectivity index (χ3n) is 0.506. The van der Waals surface area contributed by atoms with Crippen molar-refractivity contribution in [3.63, 3.8) is 0 Å². The molecular weight excluding hydrogens is 183 g/mol. The van der Waals surface area contributed by atoms with Crippen molar-refractivity contribution in [2.24, 2.45) is 0 Å². The summed E-state index contributed by atoms with van der Waals surface area (Å²) in [5.41, 5.74) is 0.0641. The molecule has 10 heavy (non-hydrogen) atoms. The molecule has 0 saturated heterocycles. The van der Waals surface area contributed by atoms with Gasteiger partial charge in [0.2, 0.25) is 0 Å². The van der Waals surface area contributed by atoms with Crippen LogP contribution in [-0.4, -0.2) is 65.8 Å². The second kappa shape index (κ2) is 6.50. The maximum atomic E-state index is 10.2. The third-order valence-corrected chi connectivity index (χ3v) is 0.821. The van der Waals surface area contributed by atoms with E-state index >= 15 is 0 Å². The van der Waals surface area contributed by atoms with Crippen LogP contribution in [0, 0.1) is 0 Å². The van der Waals surface area contributed by atoms with Crippen LogP contribution in [-0.2, 0) is 20.0 Å². The minimum absolute atomic E-state index is 0. The molecule has 0 aliphatic carbocycles. The van der Waals surface area contributed by atoms with Crippen LogP contribution in [0.2, 0.25) is 0 Å². The molecule has 0 aromatic rings. The van der Waals surface area contributed by atoms with Crippen molar-refractivity contribution >= 4 is 68.3 Å². The van der Waals surface area contributed by atoms with Crippen molar-refractivity contribution in [3.8, 4) is 0 Å². The van der Waals surface area contributed by atoms with E-state index in [0.29, 0.717) is 0 Å². The van der Waals surface area contributed by atoms with Gasteiger partial charge < -0.3 is 4.18 Å². The van der Waals surface area contributed by atoms with Gasteiger partial charge in [0.15, 0.2) is 0 Å². The van der Waals surface area contributed by atoms with Crippen molar-refractivity contribution in [1.82, 2.24) is 0 Å². The Hall–Kier alpha value is 0.796. The van der Waals surface area contributed by atoms with E-state index in [1.165, 1.54) is 6.92 Å². The van der Waals surface area contributed by atoms with Crippen LogP contribution < -0.4 is 0 Å². The number of carbonyl (C=O) groups excluding carboxylic acids is 1. The van der Waals surface area contributed by atoms with Gasteiger partial charge in [-0.1, -0.05) is 6.58 Å². The Morgan fingerprint density at radius 2 is 1.90 bits per heavy atom. The maximum absolute atomic E-state index is 10.2. The van der Waals surface area contributed by atoms with Gasteiger partial charge in [-0.2, -0.15) is 8.42 Å². The fourth-order valence-electron chi connectivity index (χ4n) is 0.146. The quantitative estimate of drug-likeness (QED) is 0.344. The number of hydrogen-bond acceptors (Lipinski definition) is 4. The van der Waals surface area contributed by atoms with Crippen molar-refractivity contribution < 1.29 is 17.4 Å². The van der Waals surface area contributed by atoms with E-state index in [0.717, 1.165) is 0 Å². The Morgan fingerprint density at radius 3 is 2.00 bits per heavy atom. The topological polar surface area (TPSA) is 60.4 Å². The molecular formula is C4H7KO4S. The number of carbonyl (C=O) groups is 1. The molecule has 0 amide bonds. The molecule has 0 aromatic carbocycles. The van der Waals surface area contributed by atoms with Gasteiger partial charge in [0.25, 0.3) is 0 Å². The average Bonchev–Trinajstić information content (AvgIpc) is 1.63. The molecule has 0 aliphatic heterocycles. The molecule has 0 saturated carbocycles. The molecule has 0 N–H and O–H groups in total. The summed E-state index contributed by atoms with van der Waals surface area (Å²) in [6.07, 6.45) is 0. The van der Waals surface area contributed by atoms with Gasteiger partial charge >= 0.3 is 68.3 Å². The van der Waals surface area contributed by atoms with E-state index in [4.69, 9.17) is 0 Å². The number of rotatable bonds is 2. The van der Waals surface area contributed by atoms with Crippen molar-refractivity contribution in [2.45, 2.75) is 6.92 Å². The molecule has 4 nitrogen and oxygen atoms in total. The molecule has 0 rings (SSSR count). The first-order chi connectivity index (χ1) is 4.04. The first kappa shape index (κ1) is 13.4. The fourth-order valence-corrected chi connectivity index (χ4v) is 0.437. The standard InChI is InChI=1S/C4H6O4S.K.H/c1-3(2)4(5)8-9(6)7;;/h9H,1H2,2H3;;. The van der Waals surface area contributed by atoms with E-state index in [9.17, 15) is 13.2 Å². The minimum atomic E-state index is -3.08. The fraction of sp³-hybridized carbons (Fsp3) is 0.250. The van der Waals surface area contributed by atoms with E-state index in [-0.39, 0.29) is 57.0 Å². The number of thiol groups is 1. The SMILES string of the molecule is C=C(C)C(=O)O[SH](=O)=O.[KH]. The predicted molar refractivity (Wildman–Crippen MR) is 38.4 cm³/mol. The summed E-state index contributed by atoms with van der Waals surface area (Å²) in [4.78, 5) is 10.2. The second-order valence-corrected chi connectivity index (χ2v) is 2.01. The van der Waals surface area contributed by atoms with Crippen LogP contribution in [0.3, 0.4) is 0 Å². The molecule has 0 bridgehead atoms. The van der Waals surface area contributed by atoms with Gasteiger partial charge in [-0.25, -0.2) is 4.79 Å². The van der Waals surface area contributed by atoms with Gasteiger partial charge in [0.1, 0.15) is 0 Å². The van der Waals surface area contributed by atoms with Crippen LogP contribution in [0.25, 0.3) is 0 Å². The molecule has 6 heteroatoms. The Bertz CT molecular complexity index is 199. The molecule has 0 spiro atoms. The molecule has 54 valence electrons. The summed E-state index contributed by atoms with van der Waals surface area (Å²) < 4.78 is 23.1. The normalized spacial score (nSPS) is 8.20. The van der Waals surface area contributed by atoms with Crippen LogP contribution in [0.4, 0.5) is 0 Å². The average molecular weight is 190 g/mol. The van der Waals surface area contributed by atoms with E-state index in [2.05, 4.69) is 10.8 Å². The summed E-state index contributed by atoms with van der Waals surface area (Å²) in [6.45, 7) is 4.53. The summed E-state index contributed by atoms with van der Waals surface area (Å²) in [6, 6.07) is 0. The van der Waals surface area contributed by atoms with Crippen molar-refractivity contribution in [1.29, 1.82) is 0 Å². The molecule has 0 unspecified atom stereocenters. The van der Waals surface area contributed by atoms with Crippen LogP contribution in [0.1, 0.15) is 6.92 Å². The van der Waals surface area contributed by atoms with Gasteiger partial charge in [-0.15, -0.1) is 0 Å². The molecule has 0 aliphatic rings. The van der Waals surface area contributed by atoms with E-state index < -0.39 is 17.0 Å². The van der Waals surface area contributed by atoms with Crippen LogP contribution in [0.15, 0.2) is 12.2 Å². The zero-order chi connectivity index (χ0) is 7.44. The van der Waals surface area contributed by atoms with Crippen molar-refractivity contribution in [3.05, 3.63) is 12.2 Å². The molecule has 0 fully saturated rings. The summed E-state index contributed by atoms with van der Waals surface area (Å²) in [7, 11) is -3.08. The Kier molecular flexibility index (Phi) is 8.71. The van der Waals surface area contributed by atoms with Gasteiger partial charge in [-0.3, -0.25) is 0 Å². The monoisotopic (exact) mass is 190 g/mol. The van der Waals surface area contributed by atoms with Crippen LogP contribution >= 0.6 is 0 Å². The Morgan fingerprint density at radius 1 is 1.50 bits per heavy atom. The summed E-state index contributed by atoms with van der Waals surface area (Å²) >= 11 is 0. The van der Waals surface area contributed by atoms with Crippen molar-refractivity contribution in [2.75, 3.05) is 0 Å². The third kappa shape index (κ3) is 6.91. The molecule has 0 aromatic heterocycles. The zero-order valence-electron chi connectivity index (χ0n) is 4.79. The first-order valence-corrected chi connectivity index (χ1v) is 3.15. The summed E-state index contributed by atoms with van der Waals surface area (Å²) in [5.74, 6) is -0.911. The first-order valence-electron chi connectivity index (χ1n) is 2.06. The van der Waals surface area contributed by atoms with Gasteiger partial charge in [0, 0.05) is 5.57 Å². The zero-order valence-corrected chi connectivity index (χ0v) is 5.68. The van der Waals surface area contributed by atoms with Crippen LogP contribution in [0.5, 0.6) is 0 Å². The Balaban J connectivity index is 0. The molecule has 0 heterocycles. The molecule has 0 radical (unpaired) electrons. The Labute approximate surface area is 103 Å².